The van der Waals surface area contributed by atoms with Gasteiger partial charge >= 0.3 is 19.3 Å². The van der Waals surface area contributed by atoms with Crippen LogP contribution in [0, 0.1) is 0 Å². The first-order valence-electron chi connectivity index (χ1n) is 46.6. The van der Waals surface area contributed by atoms with E-state index in [1.165, 1.54) is 0 Å². The van der Waals surface area contributed by atoms with Gasteiger partial charge in [-0.15, -0.1) is 0 Å². The van der Waals surface area contributed by atoms with Crippen LogP contribution in [0.2, 0.25) is 0 Å². The molecule has 0 unspecified atom stereocenters. The number of aromatic nitrogens is 4. The van der Waals surface area contributed by atoms with Gasteiger partial charge in [-0.05, 0) is 216 Å². The lowest BCUT2D eigenvalue weighted by Gasteiger charge is -2.48. The van der Waals surface area contributed by atoms with Crippen molar-refractivity contribution in [1.29, 1.82) is 0 Å². The van der Waals surface area contributed by atoms with Crippen LogP contribution in [0.15, 0.2) is 236 Å². The second-order valence-electron chi connectivity index (χ2n) is 41.1. The topological polar surface area (TPSA) is 393 Å². The van der Waals surface area contributed by atoms with Crippen LogP contribution in [-0.4, -0.2) is 182 Å². The number of carbonyl (C=O) groups excluding carboxylic acids is 8. The molecule has 714 valence electrons. The van der Waals surface area contributed by atoms with Gasteiger partial charge in [-0.2, -0.15) is 0 Å². The first-order valence-corrected chi connectivity index (χ1v) is 49.3. The number of para-hydroxylation sites is 3. The number of alkyl carbamates (subject to hydrolysis) is 2. The second-order valence-corrected chi connectivity index (χ2v) is 43.7. The number of carbonyl (C=O) groups is 8. The molecule has 3 spiro atoms. The average Bonchev–Trinajstić information content (AvgIpc) is 1.54. The summed E-state index contributed by atoms with van der Waals surface area (Å²) in [5, 5.41) is 11.6. The fourth-order valence-electron chi connectivity index (χ4n) is 19.9. The van der Waals surface area contributed by atoms with Crippen LogP contribution in [0.25, 0.3) is 54.6 Å². The number of anilines is 6. The fourth-order valence-corrected chi connectivity index (χ4v) is 21.0. The molecular weight excluding hydrogens is 1840 g/mol. The Bertz CT molecular complexity index is 7110. The number of nitrogen functional groups attached to an aromatic ring is 2. The lowest BCUT2D eigenvalue weighted by atomic mass is 9.74. The summed E-state index contributed by atoms with van der Waals surface area (Å²) in [4.78, 5) is 136. The molecule has 0 atom stereocenters. The number of pyridine rings is 4. The summed E-state index contributed by atoms with van der Waals surface area (Å²) in [6.45, 7) is 21.4. The quantitative estimate of drug-likeness (QED) is 0.0386. The standard InChI is InChI=1S/C35H35N5O4.C31H29N5O4S.C29H29BrN4O4.C11H17BN2O2/c1-33(2,3)44-32(43)38-35(16-17-35)31(42)39-20-34(21-39)26-10-6-7-11-28(26)40(30(34)41)19-27-29(22-12-14-24(36)15-13-22)25-9-5-4-8-23(25)18-37-27;1-41(39,40)34-22-12-10-20(11-13-22)27-23-7-3-2-6-21(23)16-33-25(27)17-36-26-9-5-4-8-24(26)30(28(36)37)18-35(19-30)29(38)31(32)14-15-31;1-27(2,3)38-26(37)32-29(12-13-29)25(36)33-16-28(17-33)20-10-6-7-11-22(20)34(24(28)35)15-21-23(30)19-9-5-4-8-18(19)14-31-21;1-10(2)11(3,4)16-12(15-10)8-5-6-9(13)14-7-8/h4-15,18H,16-17,19-21,36H2,1-3H3,(H,38,43);2-13,16,34H,14-15,17-19,32H2,1H3;4-11,14H,12-13,15-17H2,1-3H3,(H,32,37);5-7H,1-4H3,(H2,13,14). The van der Waals surface area contributed by atoms with E-state index in [2.05, 4.69) is 47.3 Å². The zero-order valence-corrected chi connectivity index (χ0v) is 81.7. The van der Waals surface area contributed by atoms with Crippen LogP contribution >= 0.6 is 15.9 Å². The van der Waals surface area contributed by atoms with Gasteiger partial charge in [0.1, 0.15) is 44.3 Å². The number of hydrogen-bond acceptors (Lipinski definition) is 21. The Hall–Kier alpha value is -13.7. The molecule has 139 heavy (non-hydrogen) atoms. The summed E-state index contributed by atoms with van der Waals surface area (Å²) in [6, 6.07) is 65.9. The van der Waals surface area contributed by atoms with Crippen molar-refractivity contribution in [3.63, 3.8) is 0 Å². The number of hydrogen-bond donors (Lipinski definition) is 6. The summed E-state index contributed by atoms with van der Waals surface area (Å²) in [6.07, 6.45) is 10.7. The number of fused-ring (bicyclic) bond motifs is 9. The van der Waals surface area contributed by atoms with Gasteiger partial charge in [-0.25, -0.2) is 23.0 Å². The average molecular weight is 1950 g/mol. The maximum Gasteiger partial charge on any atom is 0.496 e. The molecule has 7 fully saturated rings. The molecule has 33 heteroatoms. The number of amides is 8. The van der Waals surface area contributed by atoms with E-state index in [1.807, 2.05) is 228 Å². The Morgan fingerprint density at radius 3 is 1.17 bits per heavy atom. The van der Waals surface area contributed by atoms with E-state index in [9.17, 15) is 46.8 Å². The lowest BCUT2D eigenvalue weighted by molar-refractivity contribution is -0.148. The molecule has 30 nitrogen and oxygen atoms in total. The van der Waals surface area contributed by atoms with E-state index in [4.69, 9.17) is 46.0 Å². The number of nitrogens with one attached hydrogen (secondary N) is 3. The number of nitrogens with two attached hydrogens (primary N) is 3. The summed E-state index contributed by atoms with van der Waals surface area (Å²) in [5.74, 6) is -0.0192. The van der Waals surface area contributed by atoms with Crippen LogP contribution in [0.3, 0.4) is 0 Å². The van der Waals surface area contributed by atoms with Crippen LogP contribution in [-0.2, 0) is 93.5 Å². The molecule has 4 aromatic heterocycles. The third-order valence-electron chi connectivity index (χ3n) is 28.2. The minimum atomic E-state index is -3.41. The number of rotatable bonds is 16. The summed E-state index contributed by atoms with van der Waals surface area (Å²) >= 11 is 3.71. The minimum Gasteiger partial charge on any atom is -0.444 e. The Kier molecular flexibility index (Phi) is 23.5. The zero-order chi connectivity index (χ0) is 98.3. The van der Waals surface area contributed by atoms with Crippen molar-refractivity contribution in [3.05, 3.63) is 269 Å². The van der Waals surface area contributed by atoms with Crippen LogP contribution in [0.1, 0.15) is 142 Å². The van der Waals surface area contributed by atoms with E-state index >= 15 is 0 Å². The number of benzene rings is 8. The molecule has 0 bridgehead atoms. The van der Waals surface area contributed by atoms with E-state index in [1.54, 1.807) is 95.3 Å². The number of likely N-dealkylation sites (tertiary alicyclic amines) is 3. The molecule has 9 N–H and O–H groups in total. The number of sulfonamides is 1. The summed E-state index contributed by atoms with van der Waals surface area (Å²) in [7, 11) is -3.77. The highest BCUT2D eigenvalue weighted by Gasteiger charge is 2.67. The Balaban J connectivity index is 0.000000123. The summed E-state index contributed by atoms with van der Waals surface area (Å²) < 4.78 is 49.3. The highest BCUT2D eigenvalue weighted by molar-refractivity contribution is 9.10. The molecule has 11 heterocycles. The van der Waals surface area contributed by atoms with Gasteiger partial charge in [0.2, 0.25) is 45.5 Å². The van der Waals surface area contributed by atoms with Crippen molar-refractivity contribution < 1.29 is 65.6 Å². The third-order valence-corrected chi connectivity index (χ3v) is 29.7. The van der Waals surface area contributed by atoms with Crippen molar-refractivity contribution in [1.82, 2.24) is 45.3 Å². The maximum absolute atomic E-state index is 14.3. The van der Waals surface area contributed by atoms with Crippen molar-refractivity contribution in [2.24, 2.45) is 5.73 Å². The molecule has 8 aromatic carbocycles. The predicted octanol–water partition coefficient (Wildman–Crippen LogP) is 14.2. The van der Waals surface area contributed by atoms with Crippen LogP contribution in [0.5, 0.6) is 0 Å². The molecule has 8 amide bonds. The largest absolute Gasteiger partial charge is 0.496 e. The van der Waals surface area contributed by atoms with Gasteiger partial charge in [-0.3, -0.25) is 48.4 Å². The number of ether oxygens (including phenoxy) is 2. The van der Waals surface area contributed by atoms with Gasteiger partial charge in [0.15, 0.2) is 0 Å². The van der Waals surface area contributed by atoms with E-state index < -0.39 is 66.3 Å². The smallest absolute Gasteiger partial charge is 0.444 e. The van der Waals surface area contributed by atoms with Gasteiger partial charge < -0.3 is 76.0 Å². The minimum absolute atomic E-state index is 0.0328. The molecule has 3 saturated carbocycles. The molecule has 3 aliphatic carbocycles. The Morgan fingerprint density at radius 2 is 0.799 bits per heavy atom. The highest BCUT2D eigenvalue weighted by atomic mass is 79.9. The highest BCUT2D eigenvalue weighted by Crippen LogP contribution is 2.55. The molecular formula is C106H110BBrN16O14S. The van der Waals surface area contributed by atoms with Crippen molar-refractivity contribution in [2.75, 3.05) is 76.4 Å². The third kappa shape index (κ3) is 17.7. The maximum atomic E-state index is 14.3. The van der Waals surface area contributed by atoms with Gasteiger partial charge in [-0.1, -0.05) is 158 Å². The van der Waals surface area contributed by atoms with E-state index in [0.29, 0.717) is 75.4 Å². The first kappa shape index (κ1) is 94.3. The number of nitrogens with zero attached hydrogens (tertiary/aromatic N) is 10. The molecule has 0 radical (unpaired) electrons. The van der Waals surface area contributed by atoms with Crippen LogP contribution in [0.4, 0.5) is 43.8 Å². The van der Waals surface area contributed by atoms with Crippen molar-refractivity contribution in [3.8, 4) is 22.3 Å². The molecule has 4 saturated heterocycles. The van der Waals surface area contributed by atoms with Gasteiger partial charge in [0, 0.05) is 130 Å². The van der Waals surface area contributed by atoms with Gasteiger partial charge in [0.05, 0.1) is 59.7 Å². The Morgan fingerprint density at radius 1 is 0.446 bits per heavy atom. The lowest BCUT2D eigenvalue weighted by Crippen LogP contribution is -2.68. The Labute approximate surface area is 814 Å². The normalized spacial score (nSPS) is 18.7. The molecule has 10 aliphatic rings. The number of halogens is 1. The monoisotopic (exact) mass is 1950 g/mol. The molecule has 12 aromatic rings. The fraction of sp³-hybridized carbons (Fsp3) is 0.340. The predicted molar refractivity (Wildman–Crippen MR) is 538 cm³/mol. The van der Waals surface area contributed by atoms with E-state index in [0.717, 1.165) is 122 Å². The first-order chi connectivity index (χ1) is 65.9. The van der Waals surface area contributed by atoms with Crippen molar-refractivity contribution >= 4 is 153 Å². The summed E-state index contributed by atoms with van der Waals surface area (Å²) in [5.41, 5.74) is 23.9. The van der Waals surface area contributed by atoms with Gasteiger partial charge in [0.25, 0.3) is 0 Å². The second kappa shape index (κ2) is 34.7. The zero-order valence-electron chi connectivity index (χ0n) is 79.3. The van der Waals surface area contributed by atoms with Crippen LogP contribution < -0.4 is 52.7 Å². The molecule has 22 rings (SSSR count). The SMILES string of the molecule is CC(C)(C)OC(=O)NC1(C(=O)N2CC3(C2)C(=O)N(Cc2ncc4ccccc4c2-c2ccc(N)cc2)c2ccccc23)CC1.CC(C)(C)OC(=O)NC1(C(=O)N2CC3(C2)C(=O)N(Cc2ncc4ccccc4c2Br)c2ccccc23)CC1.CC1(C)OB(c2ccc(N)nc2)OC1(C)C.CS(=O)(=O)Nc1ccc(-c2c(CN3C(=O)C4(CN(C(=O)C5(N)CC5)C4)c4ccccc43)ncc3ccccc23)cc1. The van der Waals surface area contributed by atoms with E-state index in [-0.39, 0.29) is 93.0 Å². The van der Waals surface area contributed by atoms with Crippen molar-refractivity contribution in [2.45, 2.75) is 183 Å². The molecule has 7 aliphatic heterocycles.